The second-order valence-corrected chi connectivity index (χ2v) is 9.80. The molecule has 2 aromatic carbocycles. The van der Waals surface area contributed by atoms with Crippen molar-refractivity contribution in [2.24, 2.45) is 11.1 Å². The van der Waals surface area contributed by atoms with Gasteiger partial charge in [0.05, 0.1) is 17.2 Å². The molecule has 1 aromatic heterocycles. The van der Waals surface area contributed by atoms with Crippen molar-refractivity contribution in [3.8, 4) is 34.3 Å². The highest BCUT2D eigenvalue weighted by atomic mass is 32.2. The van der Waals surface area contributed by atoms with Gasteiger partial charge >= 0.3 is 0 Å². The number of sulfonamides is 1. The van der Waals surface area contributed by atoms with Crippen molar-refractivity contribution in [1.82, 2.24) is 4.98 Å². The Hall–Kier alpha value is -3.28. The van der Waals surface area contributed by atoms with Crippen LogP contribution in [0.15, 0.2) is 59.5 Å². The molecule has 1 saturated carbocycles. The third kappa shape index (κ3) is 5.38. The van der Waals surface area contributed by atoms with E-state index >= 15 is 0 Å². The van der Waals surface area contributed by atoms with Crippen molar-refractivity contribution < 1.29 is 17.5 Å². The number of nitrogens with zero attached hydrogens (tertiary/aromatic N) is 2. The summed E-state index contributed by atoms with van der Waals surface area (Å²) in [6.07, 6.45) is 5.80. The molecule has 0 bridgehead atoms. The summed E-state index contributed by atoms with van der Waals surface area (Å²) >= 11 is 0. The molecule has 2 N–H and O–H groups in total. The van der Waals surface area contributed by atoms with Crippen LogP contribution in [0.3, 0.4) is 0 Å². The van der Waals surface area contributed by atoms with Crippen molar-refractivity contribution >= 4 is 10.0 Å². The molecule has 3 aromatic rings. The fourth-order valence-electron chi connectivity index (χ4n) is 4.11. The molecule has 8 heteroatoms. The molecule has 0 unspecified atom stereocenters. The molecule has 1 heterocycles. The molecule has 1 aliphatic rings. The fourth-order valence-corrected chi connectivity index (χ4v) is 4.62. The molecule has 0 spiro atoms. The van der Waals surface area contributed by atoms with Crippen molar-refractivity contribution in [1.29, 1.82) is 5.26 Å². The minimum atomic E-state index is -3.84. The van der Waals surface area contributed by atoms with Gasteiger partial charge in [0.1, 0.15) is 17.4 Å². The van der Waals surface area contributed by atoms with Gasteiger partial charge in [-0.3, -0.25) is 0 Å². The van der Waals surface area contributed by atoms with Gasteiger partial charge in [0, 0.05) is 11.1 Å². The van der Waals surface area contributed by atoms with Crippen LogP contribution >= 0.6 is 0 Å². The van der Waals surface area contributed by atoms with Crippen LogP contribution in [0, 0.1) is 23.1 Å². The number of halogens is 1. The Kier molecular flexibility index (Phi) is 6.72. The van der Waals surface area contributed by atoms with Crippen molar-refractivity contribution in [2.45, 2.75) is 37.0 Å². The fraction of sp³-hybridized carbons (Fsp3) is 0.280. The smallest absolute Gasteiger partial charge is 0.238 e. The highest BCUT2D eigenvalue weighted by Crippen LogP contribution is 2.35. The van der Waals surface area contributed by atoms with E-state index in [1.165, 1.54) is 43.5 Å². The second kappa shape index (κ2) is 9.69. The molecule has 1 aliphatic carbocycles. The molecule has 1 fully saturated rings. The van der Waals surface area contributed by atoms with Gasteiger partial charge in [-0.05, 0) is 66.8 Å². The first kappa shape index (κ1) is 22.9. The lowest BCUT2D eigenvalue weighted by Crippen LogP contribution is -2.16. The quantitative estimate of drug-likeness (QED) is 0.549. The first-order valence-corrected chi connectivity index (χ1v) is 12.4. The number of nitriles is 1. The summed E-state index contributed by atoms with van der Waals surface area (Å²) in [6.45, 7) is 0.493. The number of benzene rings is 2. The Morgan fingerprint density at radius 3 is 2.27 bits per heavy atom. The van der Waals surface area contributed by atoms with Crippen LogP contribution in [-0.4, -0.2) is 20.0 Å². The summed E-state index contributed by atoms with van der Waals surface area (Å²) in [5.41, 5.74) is 2.68. The molecule has 0 amide bonds. The highest BCUT2D eigenvalue weighted by Gasteiger charge is 2.19. The van der Waals surface area contributed by atoms with Gasteiger partial charge in [0.15, 0.2) is 0 Å². The van der Waals surface area contributed by atoms with Crippen LogP contribution in [0.4, 0.5) is 4.39 Å². The summed E-state index contributed by atoms with van der Waals surface area (Å²) < 4.78 is 42.8. The molecule has 0 saturated heterocycles. The van der Waals surface area contributed by atoms with E-state index in [0.29, 0.717) is 34.9 Å². The van der Waals surface area contributed by atoms with Crippen LogP contribution in [0.1, 0.15) is 37.7 Å². The maximum absolute atomic E-state index is 13.5. The van der Waals surface area contributed by atoms with E-state index in [9.17, 15) is 18.1 Å². The average molecular weight is 466 g/mol. The Bertz CT molecular complexity index is 1280. The summed E-state index contributed by atoms with van der Waals surface area (Å²) in [5.74, 6) is 0.305. The third-order valence-corrected chi connectivity index (χ3v) is 6.83. The summed E-state index contributed by atoms with van der Waals surface area (Å²) in [6, 6.07) is 15.7. The van der Waals surface area contributed by atoms with E-state index in [-0.39, 0.29) is 22.2 Å². The van der Waals surface area contributed by atoms with Crippen molar-refractivity contribution in [2.75, 3.05) is 6.61 Å². The van der Waals surface area contributed by atoms with E-state index in [1.807, 2.05) is 0 Å². The number of pyridine rings is 1. The van der Waals surface area contributed by atoms with Gasteiger partial charge in [-0.1, -0.05) is 31.4 Å². The lowest BCUT2D eigenvalue weighted by Gasteiger charge is -2.22. The average Bonchev–Trinajstić information content (AvgIpc) is 2.83. The maximum Gasteiger partial charge on any atom is 0.238 e. The molecular weight excluding hydrogens is 441 g/mol. The predicted octanol–water partition coefficient (Wildman–Crippen LogP) is 5.03. The predicted molar refractivity (Wildman–Crippen MR) is 123 cm³/mol. The Morgan fingerprint density at radius 1 is 1.03 bits per heavy atom. The van der Waals surface area contributed by atoms with Gasteiger partial charge in [-0.15, -0.1) is 0 Å². The number of hydrogen-bond donors (Lipinski definition) is 1. The van der Waals surface area contributed by atoms with Gasteiger partial charge in [0.25, 0.3) is 0 Å². The van der Waals surface area contributed by atoms with Crippen LogP contribution in [0.25, 0.3) is 22.4 Å². The monoisotopic (exact) mass is 465 g/mol. The summed E-state index contributed by atoms with van der Waals surface area (Å²) in [4.78, 5) is 4.65. The Labute approximate surface area is 192 Å². The Balaban J connectivity index is 1.77. The molecule has 0 atom stereocenters. The number of ether oxygens (including phenoxy) is 1. The maximum atomic E-state index is 13.5. The zero-order valence-corrected chi connectivity index (χ0v) is 18.8. The van der Waals surface area contributed by atoms with E-state index < -0.39 is 10.0 Å². The molecule has 6 nitrogen and oxygen atoms in total. The summed E-state index contributed by atoms with van der Waals surface area (Å²) in [5, 5.41) is 15.0. The van der Waals surface area contributed by atoms with Crippen molar-refractivity contribution in [3.05, 3.63) is 66.0 Å². The van der Waals surface area contributed by atoms with Crippen LogP contribution in [-0.2, 0) is 10.0 Å². The second-order valence-electron chi connectivity index (χ2n) is 8.24. The lowest BCUT2D eigenvalue weighted by molar-refractivity contribution is 0.202. The number of nitrogens with two attached hydrogens (primary N) is 1. The molecule has 0 radical (unpaired) electrons. The van der Waals surface area contributed by atoms with E-state index in [2.05, 4.69) is 11.1 Å². The zero-order chi connectivity index (χ0) is 23.4. The van der Waals surface area contributed by atoms with Gasteiger partial charge in [0.2, 0.25) is 15.9 Å². The molecular formula is C25H24FN3O3S. The van der Waals surface area contributed by atoms with E-state index in [0.717, 1.165) is 12.8 Å². The van der Waals surface area contributed by atoms with Gasteiger partial charge in [-0.2, -0.15) is 5.26 Å². The number of aromatic nitrogens is 1. The highest BCUT2D eigenvalue weighted by molar-refractivity contribution is 7.89. The molecule has 0 aliphatic heterocycles. The summed E-state index contributed by atoms with van der Waals surface area (Å²) in [7, 11) is -3.84. The minimum absolute atomic E-state index is 0.0181. The lowest BCUT2D eigenvalue weighted by atomic mass is 9.90. The SMILES string of the molecule is N#Cc1cc(-c2ccc(S(N)(=O)=O)cc2)c(-c2ccc(F)cc2)nc1OCC1CCCCC1. The van der Waals surface area contributed by atoms with Gasteiger partial charge < -0.3 is 4.74 Å². The van der Waals surface area contributed by atoms with E-state index in [4.69, 9.17) is 9.88 Å². The number of primary sulfonamides is 1. The van der Waals surface area contributed by atoms with Gasteiger partial charge in [-0.25, -0.2) is 22.9 Å². The first-order chi connectivity index (χ1) is 15.8. The zero-order valence-electron chi connectivity index (χ0n) is 18.0. The topological polar surface area (TPSA) is 106 Å². The number of hydrogen-bond acceptors (Lipinski definition) is 5. The Morgan fingerprint density at radius 2 is 1.67 bits per heavy atom. The van der Waals surface area contributed by atoms with Crippen LogP contribution < -0.4 is 9.88 Å². The van der Waals surface area contributed by atoms with E-state index in [1.54, 1.807) is 30.3 Å². The van der Waals surface area contributed by atoms with Crippen LogP contribution in [0.5, 0.6) is 5.88 Å². The normalized spacial score (nSPS) is 14.6. The van der Waals surface area contributed by atoms with Crippen molar-refractivity contribution in [3.63, 3.8) is 0 Å². The largest absolute Gasteiger partial charge is 0.476 e. The molecule has 4 rings (SSSR count). The molecule has 170 valence electrons. The third-order valence-electron chi connectivity index (χ3n) is 5.90. The minimum Gasteiger partial charge on any atom is -0.476 e. The standard InChI is InChI=1S/C25H24FN3O3S/c26-21-10-6-19(7-11-21)24-23(18-8-12-22(13-9-18)33(28,30)31)14-20(15-27)25(29-24)32-16-17-4-2-1-3-5-17/h6-14,17H,1-5,16H2,(H2,28,30,31). The molecule has 33 heavy (non-hydrogen) atoms. The van der Waals surface area contributed by atoms with Crippen LogP contribution in [0.2, 0.25) is 0 Å². The number of rotatable bonds is 6. The first-order valence-electron chi connectivity index (χ1n) is 10.8.